The van der Waals surface area contributed by atoms with Crippen molar-refractivity contribution in [2.24, 2.45) is 0 Å². The van der Waals surface area contributed by atoms with Crippen LogP contribution in [0, 0.1) is 0 Å². The molecule has 0 spiro atoms. The molecular formula is C25H25F3N6O. The summed E-state index contributed by atoms with van der Waals surface area (Å²) in [6, 6.07) is 8.24. The van der Waals surface area contributed by atoms with E-state index in [0.29, 0.717) is 39.8 Å². The Hall–Kier alpha value is -3.66. The van der Waals surface area contributed by atoms with Crippen LogP contribution in [0.25, 0.3) is 11.1 Å². The van der Waals surface area contributed by atoms with E-state index >= 15 is 0 Å². The molecule has 1 amide bonds. The van der Waals surface area contributed by atoms with E-state index in [0.717, 1.165) is 50.4 Å². The van der Waals surface area contributed by atoms with E-state index < -0.39 is 11.9 Å². The van der Waals surface area contributed by atoms with Gasteiger partial charge in [0, 0.05) is 65.8 Å². The summed E-state index contributed by atoms with van der Waals surface area (Å²) in [5.41, 5.74) is 2.27. The SMILES string of the molecule is CCN1CCC(Nc2ccc3c(c2)/C(=C(\c2ccc(C(F)(F)F)nc2)c2ncc[nH]2)C(=O)N3)CC1. The molecule has 2 aliphatic heterocycles. The molecule has 0 saturated carbocycles. The third-order valence-electron chi connectivity index (χ3n) is 6.50. The van der Waals surface area contributed by atoms with Crippen molar-refractivity contribution in [3.63, 3.8) is 0 Å². The maximum absolute atomic E-state index is 13.1. The molecule has 3 aromatic rings. The molecule has 0 atom stereocenters. The Bertz CT molecular complexity index is 1240. The first-order chi connectivity index (χ1) is 16.8. The Morgan fingerprint density at radius 2 is 1.97 bits per heavy atom. The van der Waals surface area contributed by atoms with E-state index in [9.17, 15) is 18.0 Å². The van der Waals surface area contributed by atoms with E-state index in [-0.39, 0.29) is 5.91 Å². The molecule has 0 radical (unpaired) electrons. The van der Waals surface area contributed by atoms with Gasteiger partial charge in [-0.25, -0.2) is 4.98 Å². The van der Waals surface area contributed by atoms with Gasteiger partial charge in [0.05, 0.1) is 5.57 Å². The average molecular weight is 483 g/mol. The summed E-state index contributed by atoms with van der Waals surface area (Å²) in [4.78, 5) is 26.4. The maximum Gasteiger partial charge on any atom is 0.433 e. The van der Waals surface area contributed by atoms with Gasteiger partial charge in [0.25, 0.3) is 5.91 Å². The first-order valence-corrected chi connectivity index (χ1v) is 11.6. The smallest absolute Gasteiger partial charge is 0.382 e. The van der Waals surface area contributed by atoms with Gasteiger partial charge in [0.2, 0.25) is 0 Å². The summed E-state index contributed by atoms with van der Waals surface area (Å²) < 4.78 is 39.2. The summed E-state index contributed by atoms with van der Waals surface area (Å²) in [5.74, 6) is 0.0227. The number of hydrogen-bond donors (Lipinski definition) is 3. The molecule has 0 bridgehead atoms. The highest BCUT2D eigenvalue weighted by molar-refractivity contribution is 6.38. The number of imidazole rings is 1. The van der Waals surface area contributed by atoms with E-state index in [4.69, 9.17) is 0 Å². The van der Waals surface area contributed by atoms with Crippen molar-refractivity contribution in [1.82, 2.24) is 19.9 Å². The number of alkyl halides is 3. The van der Waals surface area contributed by atoms with Gasteiger partial charge in [-0.2, -0.15) is 13.2 Å². The topological polar surface area (TPSA) is 85.9 Å². The van der Waals surface area contributed by atoms with E-state index in [1.165, 1.54) is 12.3 Å². The van der Waals surface area contributed by atoms with E-state index in [2.05, 4.69) is 37.4 Å². The van der Waals surface area contributed by atoms with Gasteiger partial charge in [-0.3, -0.25) is 9.78 Å². The van der Waals surface area contributed by atoms with Gasteiger partial charge in [0.15, 0.2) is 0 Å². The number of fused-ring (bicyclic) bond motifs is 1. The number of aromatic nitrogens is 3. The molecule has 1 saturated heterocycles. The number of rotatable bonds is 5. The number of H-pyrrole nitrogens is 1. The molecule has 182 valence electrons. The molecular weight excluding hydrogens is 457 g/mol. The molecule has 2 aromatic heterocycles. The second-order valence-electron chi connectivity index (χ2n) is 8.69. The zero-order valence-corrected chi connectivity index (χ0v) is 19.1. The summed E-state index contributed by atoms with van der Waals surface area (Å²) >= 11 is 0. The summed E-state index contributed by atoms with van der Waals surface area (Å²) in [5, 5.41) is 6.45. The number of hydrogen-bond acceptors (Lipinski definition) is 5. The molecule has 1 aromatic carbocycles. The largest absolute Gasteiger partial charge is 0.433 e. The first kappa shape index (κ1) is 23.1. The maximum atomic E-state index is 13.1. The molecule has 4 heterocycles. The number of nitrogens with one attached hydrogen (secondary N) is 3. The lowest BCUT2D eigenvalue weighted by atomic mass is 9.95. The van der Waals surface area contributed by atoms with Crippen LogP contribution < -0.4 is 10.6 Å². The van der Waals surface area contributed by atoms with Crippen molar-refractivity contribution in [1.29, 1.82) is 0 Å². The van der Waals surface area contributed by atoms with Crippen molar-refractivity contribution in [3.05, 3.63) is 71.6 Å². The second-order valence-corrected chi connectivity index (χ2v) is 8.69. The van der Waals surface area contributed by atoms with Crippen LogP contribution in [0.5, 0.6) is 0 Å². The number of amides is 1. The van der Waals surface area contributed by atoms with Crippen LogP contribution >= 0.6 is 0 Å². The molecule has 35 heavy (non-hydrogen) atoms. The standard InChI is InChI=1S/C25H25F3N6O/c1-2-34-11-7-16(8-12-34)32-17-4-5-19-18(13-17)22(24(35)33-19)21(23-29-9-10-30-23)15-3-6-20(31-14-15)25(26,27)28/h3-6,9-10,13-14,16,32H,2,7-8,11-12H2,1H3,(H,29,30)(H,33,35)/b22-21-. The van der Waals surface area contributed by atoms with Crippen molar-refractivity contribution < 1.29 is 18.0 Å². The third kappa shape index (κ3) is 4.66. The van der Waals surface area contributed by atoms with Crippen molar-refractivity contribution in [3.8, 4) is 0 Å². The highest BCUT2D eigenvalue weighted by Gasteiger charge is 2.34. The fourth-order valence-corrected chi connectivity index (χ4v) is 4.65. The Morgan fingerprint density at radius 3 is 2.60 bits per heavy atom. The van der Waals surface area contributed by atoms with Crippen molar-refractivity contribution in [2.75, 3.05) is 30.3 Å². The van der Waals surface area contributed by atoms with Crippen LogP contribution in [-0.2, 0) is 11.0 Å². The second kappa shape index (κ2) is 9.18. The highest BCUT2D eigenvalue weighted by atomic mass is 19.4. The van der Waals surface area contributed by atoms with Gasteiger partial charge in [-0.1, -0.05) is 13.0 Å². The Morgan fingerprint density at radius 1 is 1.17 bits per heavy atom. The Kier molecular flexibility index (Phi) is 6.06. The minimum Gasteiger partial charge on any atom is -0.382 e. The van der Waals surface area contributed by atoms with Crippen LogP contribution in [-0.4, -0.2) is 51.4 Å². The van der Waals surface area contributed by atoms with Crippen molar-refractivity contribution >= 4 is 28.4 Å². The number of piperidine rings is 1. The van der Waals surface area contributed by atoms with Crippen LogP contribution in [0.1, 0.15) is 42.4 Å². The van der Waals surface area contributed by atoms with Crippen molar-refractivity contribution in [2.45, 2.75) is 32.0 Å². The molecule has 5 rings (SSSR count). The predicted molar refractivity (Wildman–Crippen MR) is 128 cm³/mol. The number of carbonyl (C=O) groups excluding carboxylic acids is 1. The molecule has 10 heteroatoms. The number of nitrogens with zero attached hydrogens (tertiary/aromatic N) is 3. The fraction of sp³-hybridized carbons (Fsp3) is 0.320. The predicted octanol–water partition coefficient (Wildman–Crippen LogP) is 4.63. The lowest BCUT2D eigenvalue weighted by molar-refractivity contribution is -0.141. The zero-order valence-electron chi connectivity index (χ0n) is 19.1. The Balaban J connectivity index is 1.54. The van der Waals surface area contributed by atoms with Gasteiger partial charge in [0.1, 0.15) is 11.5 Å². The molecule has 0 aliphatic carbocycles. The lowest BCUT2D eigenvalue weighted by Gasteiger charge is -2.32. The minimum absolute atomic E-state index is 0.331. The number of likely N-dealkylation sites (tertiary alicyclic amines) is 1. The minimum atomic E-state index is -4.55. The summed E-state index contributed by atoms with van der Waals surface area (Å²) in [6.45, 7) is 5.28. The number of halogens is 3. The number of carbonyl (C=O) groups is 1. The third-order valence-corrected chi connectivity index (χ3v) is 6.50. The normalized spacial score (nSPS) is 18.3. The van der Waals surface area contributed by atoms with Crippen LogP contribution in [0.2, 0.25) is 0 Å². The average Bonchev–Trinajstić information content (AvgIpc) is 3.48. The number of anilines is 2. The monoisotopic (exact) mass is 482 g/mol. The molecule has 2 aliphatic rings. The van der Waals surface area contributed by atoms with Crippen LogP contribution in [0.15, 0.2) is 48.9 Å². The van der Waals surface area contributed by atoms with E-state index in [1.54, 1.807) is 6.20 Å². The van der Waals surface area contributed by atoms with Gasteiger partial charge < -0.3 is 20.5 Å². The quantitative estimate of drug-likeness (QED) is 0.462. The zero-order chi connectivity index (χ0) is 24.6. The first-order valence-electron chi connectivity index (χ1n) is 11.6. The van der Waals surface area contributed by atoms with Crippen LogP contribution in [0.4, 0.5) is 24.5 Å². The summed E-state index contributed by atoms with van der Waals surface area (Å²) in [7, 11) is 0. The fourth-order valence-electron chi connectivity index (χ4n) is 4.65. The molecule has 3 N–H and O–H groups in total. The Labute approximate surface area is 200 Å². The molecule has 0 unspecified atom stereocenters. The van der Waals surface area contributed by atoms with E-state index in [1.807, 2.05) is 18.2 Å². The highest BCUT2D eigenvalue weighted by Crippen LogP contribution is 2.41. The van der Waals surface area contributed by atoms with Crippen LogP contribution in [0.3, 0.4) is 0 Å². The number of benzene rings is 1. The number of pyridine rings is 1. The lowest BCUT2D eigenvalue weighted by Crippen LogP contribution is -2.38. The number of aromatic amines is 1. The van der Waals surface area contributed by atoms with Gasteiger partial charge >= 0.3 is 6.18 Å². The van der Waals surface area contributed by atoms with Gasteiger partial charge in [-0.15, -0.1) is 0 Å². The molecule has 1 fully saturated rings. The summed E-state index contributed by atoms with van der Waals surface area (Å²) in [6.07, 6.45) is 1.76. The molecule has 7 nitrogen and oxygen atoms in total. The van der Waals surface area contributed by atoms with Gasteiger partial charge in [-0.05, 0) is 43.7 Å².